The van der Waals surface area contributed by atoms with Gasteiger partial charge in [0.15, 0.2) is 0 Å². The number of aliphatic hydroxyl groups is 1. The summed E-state index contributed by atoms with van der Waals surface area (Å²) in [6, 6.07) is 7.48. The SMILES string of the molecule is Cc1ccccc1N1CCCNC(=O)C1CO. The normalized spacial score (nSPS) is 20.9. The van der Waals surface area contributed by atoms with Gasteiger partial charge in [-0.1, -0.05) is 18.2 Å². The maximum atomic E-state index is 11.8. The van der Waals surface area contributed by atoms with Crippen LogP contribution in [0.4, 0.5) is 5.69 Å². The van der Waals surface area contributed by atoms with Crippen LogP contribution in [0.2, 0.25) is 0 Å². The van der Waals surface area contributed by atoms with Gasteiger partial charge in [0, 0.05) is 18.8 Å². The number of hydrogen-bond acceptors (Lipinski definition) is 3. The van der Waals surface area contributed by atoms with E-state index in [1.165, 1.54) is 0 Å². The third kappa shape index (κ3) is 2.42. The molecule has 4 nitrogen and oxygen atoms in total. The van der Waals surface area contributed by atoms with E-state index >= 15 is 0 Å². The Balaban J connectivity index is 2.34. The van der Waals surface area contributed by atoms with Crippen LogP contribution in [-0.2, 0) is 4.79 Å². The van der Waals surface area contributed by atoms with E-state index in [2.05, 4.69) is 5.32 Å². The Morgan fingerprint density at radius 3 is 2.94 bits per heavy atom. The molecule has 0 saturated carbocycles. The number of amides is 1. The Morgan fingerprint density at radius 2 is 2.24 bits per heavy atom. The summed E-state index contributed by atoms with van der Waals surface area (Å²) in [5.41, 5.74) is 2.16. The molecule has 0 spiro atoms. The van der Waals surface area contributed by atoms with Crippen LogP contribution in [0.3, 0.4) is 0 Å². The van der Waals surface area contributed by atoms with Crippen molar-refractivity contribution < 1.29 is 9.90 Å². The van der Waals surface area contributed by atoms with Crippen molar-refractivity contribution in [1.82, 2.24) is 5.32 Å². The first-order valence-electron chi connectivity index (χ1n) is 5.95. The Labute approximate surface area is 101 Å². The van der Waals surface area contributed by atoms with E-state index in [1.807, 2.05) is 36.1 Å². The number of nitrogens with one attached hydrogen (secondary N) is 1. The number of nitrogens with zero attached hydrogens (tertiary/aromatic N) is 1. The molecule has 0 aromatic heterocycles. The number of anilines is 1. The zero-order valence-corrected chi connectivity index (χ0v) is 10.0. The van der Waals surface area contributed by atoms with Gasteiger partial charge in [0.2, 0.25) is 5.91 Å². The number of rotatable bonds is 2. The smallest absolute Gasteiger partial charge is 0.245 e. The number of carbonyl (C=O) groups excluding carboxylic acids is 1. The maximum Gasteiger partial charge on any atom is 0.245 e. The fourth-order valence-corrected chi connectivity index (χ4v) is 2.23. The molecule has 1 aromatic rings. The topological polar surface area (TPSA) is 52.6 Å². The summed E-state index contributed by atoms with van der Waals surface area (Å²) in [6.45, 7) is 3.33. The van der Waals surface area contributed by atoms with E-state index in [9.17, 15) is 9.90 Å². The Morgan fingerprint density at radius 1 is 1.47 bits per heavy atom. The van der Waals surface area contributed by atoms with Crippen molar-refractivity contribution in [2.24, 2.45) is 0 Å². The molecular formula is C13H18N2O2. The van der Waals surface area contributed by atoms with Crippen LogP contribution in [0.5, 0.6) is 0 Å². The van der Waals surface area contributed by atoms with Gasteiger partial charge in [0.1, 0.15) is 6.04 Å². The van der Waals surface area contributed by atoms with Crippen molar-refractivity contribution in [3.8, 4) is 0 Å². The lowest BCUT2D eigenvalue weighted by Crippen LogP contribution is -2.47. The maximum absolute atomic E-state index is 11.8. The molecule has 0 bridgehead atoms. The molecule has 4 heteroatoms. The van der Waals surface area contributed by atoms with E-state index < -0.39 is 6.04 Å². The van der Waals surface area contributed by atoms with Gasteiger partial charge >= 0.3 is 0 Å². The standard InChI is InChI=1S/C13H18N2O2/c1-10-5-2-3-6-11(10)15-8-4-7-14-13(17)12(15)9-16/h2-3,5-6,12,16H,4,7-9H2,1H3,(H,14,17). The second-order valence-corrected chi connectivity index (χ2v) is 4.32. The first-order chi connectivity index (χ1) is 8.24. The van der Waals surface area contributed by atoms with Gasteiger partial charge in [0.05, 0.1) is 6.61 Å². The monoisotopic (exact) mass is 234 g/mol. The van der Waals surface area contributed by atoms with Crippen LogP contribution in [0.25, 0.3) is 0 Å². The molecule has 1 aliphatic heterocycles. The molecule has 1 heterocycles. The van der Waals surface area contributed by atoms with Crippen molar-refractivity contribution in [2.75, 3.05) is 24.6 Å². The molecule has 17 heavy (non-hydrogen) atoms. The first kappa shape index (κ1) is 11.9. The van der Waals surface area contributed by atoms with Gasteiger partial charge in [-0.15, -0.1) is 0 Å². The first-order valence-corrected chi connectivity index (χ1v) is 5.95. The highest BCUT2D eigenvalue weighted by Gasteiger charge is 2.28. The van der Waals surface area contributed by atoms with Gasteiger partial charge < -0.3 is 15.3 Å². The summed E-state index contributed by atoms with van der Waals surface area (Å²) >= 11 is 0. The van der Waals surface area contributed by atoms with E-state index in [-0.39, 0.29) is 12.5 Å². The predicted octanol–water partition coefficient (Wildman–Crippen LogP) is 0.682. The minimum absolute atomic E-state index is 0.0896. The molecule has 1 unspecified atom stereocenters. The van der Waals surface area contributed by atoms with Gasteiger partial charge in [-0.3, -0.25) is 4.79 Å². The quantitative estimate of drug-likeness (QED) is 0.791. The fraction of sp³-hybridized carbons (Fsp3) is 0.462. The van der Waals surface area contributed by atoms with Gasteiger partial charge in [-0.2, -0.15) is 0 Å². The van der Waals surface area contributed by atoms with E-state index in [4.69, 9.17) is 0 Å². The van der Waals surface area contributed by atoms with Crippen LogP contribution in [0.15, 0.2) is 24.3 Å². The third-order valence-electron chi connectivity index (χ3n) is 3.15. The molecule has 1 aromatic carbocycles. The van der Waals surface area contributed by atoms with E-state index in [0.717, 1.165) is 24.2 Å². The molecule has 1 atom stereocenters. The lowest BCUT2D eigenvalue weighted by Gasteiger charge is -2.30. The van der Waals surface area contributed by atoms with Gasteiger partial charge in [-0.05, 0) is 25.0 Å². The molecule has 1 fully saturated rings. The zero-order chi connectivity index (χ0) is 12.3. The summed E-state index contributed by atoms with van der Waals surface area (Å²) in [7, 11) is 0. The summed E-state index contributed by atoms with van der Waals surface area (Å²) in [5.74, 6) is -0.0896. The molecule has 2 rings (SSSR count). The Bertz CT molecular complexity index is 406. The molecular weight excluding hydrogens is 216 g/mol. The van der Waals surface area contributed by atoms with Crippen LogP contribution >= 0.6 is 0 Å². The summed E-state index contributed by atoms with van der Waals surface area (Å²) in [5, 5.41) is 12.2. The van der Waals surface area contributed by atoms with Crippen molar-refractivity contribution in [3.63, 3.8) is 0 Å². The van der Waals surface area contributed by atoms with Crippen LogP contribution in [0.1, 0.15) is 12.0 Å². The van der Waals surface area contributed by atoms with Gasteiger partial charge in [-0.25, -0.2) is 0 Å². The average molecular weight is 234 g/mol. The lowest BCUT2D eigenvalue weighted by molar-refractivity contribution is -0.122. The Hall–Kier alpha value is -1.55. The molecule has 2 N–H and O–H groups in total. The molecule has 1 aliphatic rings. The summed E-state index contributed by atoms with van der Waals surface area (Å²) < 4.78 is 0. The van der Waals surface area contributed by atoms with E-state index in [0.29, 0.717) is 6.54 Å². The number of benzene rings is 1. The zero-order valence-electron chi connectivity index (χ0n) is 10.0. The second-order valence-electron chi connectivity index (χ2n) is 4.32. The highest BCUT2D eigenvalue weighted by Crippen LogP contribution is 2.22. The van der Waals surface area contributed by atoms with Crippen LogP contribution in [-0.4, -0.2) is 36.8 Å². The highest BCUT2D eigenvalue weighted by atomic mass is 16.3. The third-order valence-corrected chi connectivity index (χ3v) is 3.15. The molecule has 0 radical (unpaired) electrons. The number of aryl methyl sites for hydroxylation is 1. The predicted molar refractivity (Wildman–Crippen MR) is 67.0 cm³/mol. The van der Waals surface area contributed by atoms with E-state index in [1.54, 1.807) is 0 Å². The minimum Gasteiger partial charge on any atom is -0.394 e. The number of para-hydroxylation sites is 1. The Kier molecular flexibility index (Phi) is 3.64. The summed E-state index contributed by atoms with van der Waals surface area (Å²) in [6.07, 6.45) is 0.899. The average Bonchev–Trinajstić information content (AvgIpc) is 2.51. The molecule has 92 valence electrons. The number of aliphatic hydroxyl groups excluding tert-OH is 1. The number of hydrogen-bond donors (Lipinski definition) is 2. The van der Waals surface area contributed by atoms with Gasteiger partial charge in [0.25, 0.3) is 0 Å². The molecule has 1 saturated heterocycles. The largest absolute Gasteiger partial charge is 0.394 e. The second kappa shape index (κ2) is 5.19. The highest BCUT2D eigenvalue weighted by molar-refractivity contribution is 5.86. The van der Waals surface area contributed by atoms with Crippen LogP contribution in [0, 0.1) is 6.92 Å². The van der Waals surface area contributed by atoms with Crippen molar-refractivity contribution in [1.29, 1.82) is 0 Å². The van der Waals surface area contributed by atoms with Crippen molar-refractivity contribution >= 4 is 11.6 Å². The molecule has 0 aliphatic carbocycles. The number of carbonyl (C=O) groups is 1. The minimum atomic E-state index is -0.474. The van der Waals surface area contributed by atoms with Crippen LogP contribution < -0.4 is 10.2 Å². The van der Waals surface area contributed by atoms with Crippen molar-refractivity contribution in [2.45, 2.75) is 19.4 Å². The summed E-state index contributed by atoms with van der Waals surface area (Å²) in [4.78, 5) is 13.8. The molecule has 1 amide bonds. The fourth-order valence-electron chi connectivity index (χ4n) is 2.23. The lowest BCUT2D eigenvalue weighted by atomic mass is 10.1. The van der Waals surface area contributed by atoms with Crippen molar-refractivity contribution in [3.05, 3.63) is 29.8 Å².